The first-order chi connectivity index (χ1) is 9.70. The standard InChI is InChI=1S/C15H19N3O2/c1-12(19)20-14-4-2-3-13(11-14)15(5-6-16)18-9-7-17-8-10-18/h2-4,11,15,17H,5,7-10H2,1H3/t15-/m1/s1. The van der Waals surface area contributed by atoms with Crippen molar-refractivity contribution in [1.82, 2.24) is 10.2 Å². The molecule has 1 N–H and O–H groups in total. The molecule has 1 aromatic carbocycles. The van der Waals surface area contributed by atoms with Gasteiger partial charge in [-0.3, -0.25) is 9.69 Å². The molecule has 0 bridgehead atoms. The van der Waals surface area contributed by atoms with Crippen molar-refractivity contribution < 1.29 is 9.53 Å². The lowest BCUT2D eigenvalue weighted by molar-refractivity contribution is -0.131. The average Bonchev–Trinajstić information content (AvgIpc) is 2.45. The maximum atomic E-state index is 11.0. The largest absolute Gasteiger partial charge is 0.427 e. The van der Waals surface area contributed by atoms with E-state index in [1.807, 2.05) is 18.2 Å². The highest BCUT2D eigenvalue weighted by Gasteiger charge is 2.22. The molecule has 0 spiro atoms. The lowest BCUT2D eigenvalue weighted by Gasteiger charge is -2.34. The topological polar surface area (TPSA) is 65.4 Å². The summed E-state index contributed by atoms with van der Waals surface area (Å²) >= 11 is 0. The Hall–Kier alpha value is -1.90. The fraction of sp³-hybridized carbons (Fsp3) is 0.467. The van der Waals surface area contributed by atoms with E-state index in [1.165, 1.54) is 6.92 Å². The molecule has 1 heterocycles. The number of hydrogen-bond acceptors (Lipinski definition) is 5. The van der Waals surface area contributed by atoms with Gasteiger partial charge in [0.15, 0.2) is 0 Å². The van der Waals surface area contributed by atoms with Crippen molar-refractivity contribution in [1.29, 1.82) is 5.26 Å². The Morgan fingerprint density at radius 3 is 2.90 bits per heavy atom. The molecule has 1 atom stereocenters. The van der Waals surface area contributed by atoms with Crippen LogP contribution in [0.4, 0.5) is 0 Å². The second-order valence-corrected chi connectivity index (χ2v) is 4.83. The van der Waals surface area contributed by atoms with Gasteiger partial charge in [0.25, 0.3) is 0 Å². The zero-order valence-corrected chi connectivity index (χ0v) is 11.6. The van der Waals surface area contributed by atoms with Crippen LogP contribution in [0.5, 0.6) is 5.75 Å². The van der Waals surface area contributed by atoms with Crippen LogP contribution in [0.2, 0.25) is 0 Å². The number of carbonyl (C=O) groups is 1. The van der Waals surface area contributed by atoms with Crippen molar-refractivity contribution in [2.75, 3.05) is 26.2 Å². The fourth-order valence-electron chi connectivity index (χ4n) is 2.49. The molecule has 1 aliphatic heterocycles. The fourth-order valence-corrected chi connectivity index (χ4v) is 2.49. The van der Waals surface area contributed by atoms with Gasteiger partial charge in [-0.05, 0) is 17.7 Å². The van der Waals surface area contributed by atoms with Crippen LogP contribution in [0.3, 0.4) is 0 Å². The third-order valence-electron chi connectivity index (χ3n) is 3.38. The van der Waals surface area contributed by atoms with Crippen LogP contribution in [-0.4, -0.2) is 37.0 Å². The molecule has 0 amide bonds. The summed E-state index contributed by atoms with van der Waals surface area (Å²) in [5, 5.41) is 12.4. The second-order valence-electron chi connectivity index (χ2n) is 4.83. The molecule has 1 fully saturated rings. The van der Waals surface area contributed by atoms with Crippen molar-refractivity contribution in [2.45, 2.75) is 19.4 Å². The van der Waals surface area contributed by atoms with Gasteiger partial charge in [-0.25, -0.2) is 0 Å². The number of benzene rings is 1. The Labute approximate surface area is 119 Å². The van der Waals surface area contributed by atoms with Gasteiger partial charge in [-0.15, -0.1) is 0 Å². The number of nitrogens with zero attached hydrogens (tertiary/aromatic N) is 2. The van der Waals surface area contributed by atoms with Crippen LogP contribution in [0.25, 0.3) is 0 Å². The first kappa shape index (κ1) is 14.5. The Kier molecular flexibility index (Phi) is 5.10. The smallest absolute Gasteiger partial charge is 0.308 e. The van der Waals surface area contributed by atoms with Gasteiger partial charge in [-0.1, -0.05) is 12.1 Å². The van der Waals surface area contributed by atoms with Gasteiger partial charge in [0.05, 0.1) is 12.5 Å². The Morgan fingerprint density at radius 2 is 2.25 bits per heavy atom. The van der Waals surface area contributed by atoms with Crippen LogP contribution in [0.1, 0.15) is 24.9 Å². The van der Waals surface area contributed by atoms with Crippen molar-refractivity contribution in [3.8, 4) is 11.8 Å². The zero-order valence-electron chi connectivity index (χ0n) is 11.6. The van der Waals surface area contributed by atoms with Gasteiger partial charge in [0.1, 0.15) is 5.75 Å². The van der Waals surface area contributed by atoms with E-state index in [2.05, 4.69) is 16.3 Å². The van der Waals surface area contributed by atoms with Gasteiger partial charge < -0.3 is 10.1 Å². The van der Waals surface area contributed by atoms with E-state index >= 15 is 0 Å². The Balaban J connectivity index is 2.19. The molecule has 0 radical (unpaired) electrons. The van der Waals surface area contributed by atoms with E-state index in [1.54, 1.807) is 6.07 Å². The maximum absolute atomic E-state index is 11.0. The summed E-state index contributed by atoms with van der Waals surface area (Å²) in [5.41, 5.74) is 1.02. The highest BCUT2D eigenvalue weighted by Crippen LogP contribution is 2.27. The summed E-state index contributed by atoms with van der Waals surface area (Å²) in [6.07, 6.45) is 0.434. The summed E-state index contributed by atoms with van der Waals surface area (Å²) in [6.45, 7) is 5.10. The van der Waals surface area contributed by atoms with E-state index in [0.717, 1.165) is 31.7 Å². The van der Waals surface area contributed by atoms with E-state index in [4.69, 9.17) is 10.00 Å². The number of nitrogens with one attached hydrogen (secondary N) is 1. The molecule has 1 aromatic rings. The SMILES string of the molecule is CC(=O)Oc1cccc([C@@H](CC#N)N2CCNCC2)c1. The van der Waals surface area contributed by atoms with Gasteiger partial charge in [-0.2, -0.15) is 5.26 Å². The second kappa shape index (κ2) is 7.04. The van der Waals surface area contributed by atoms with E-state index in [-0.39, 0.29) is 12.0 Å². The molecule has 0 aliphatic carbocycles. The summed E-state index contributed by atoms with van der Waals surface area (Å²) in [7, 11) is 0. The molecular formula is C15H19N3O2. The highest BCUT2D eigenvalue weighted by molar-refractivity contribution is 5.69. The van der Waals surface area contributed by atoms with Crippen LogP contribution >= 0.6 is 0 Å². The first-order valence-corrected chi connectivity index (χ1v) is 6.81. The number of hydrogen-bond donors (Lipinski definition) is 1. The molecule has 1 saturated heterocycles. The number of piperazine rings is 1. The van der Waals surface area contributed by atoms with Crippen molar-refractivity contribution in [2.24, 2.45) is 0 Å². The van der Waals surface area contributed by atoms with Crippen LogP contribution in [-0.2, 0) is 4.79 Å². The molecule has 0 saturated carbocycles. The van der Waals surface area contributed by atoms with Crippen LogP contribution < -0.4 is 10.1 Å². The molecule has 20 heavy (non-hydrogen) atoms. The van der Waals surface area contributed by atoms with E-state index < -0.39 is 0 Å². The molecule has 0 aromatic heterocycles. The molecule has 5 heteroatoms. The molecule has 1 aliphatic rings. The van der Waals surface area contributed by atoms with Crippen molar-refractivity contribution >= 4 is 5.97 Å². The Morgan fingerprint density at radius 1 is 1.50 bits per heavy atom. The van der Waals surface area contributed by atoms with Gasteiger partial charge in [0, 0.05) is 39.1 Å². The third-order valence-corrected chi connectivity index (χ3v) is 3.38. The minimum absolute atomic E-state index is 0.0533. The summed E-state index contributed by atoms with van der Waals surface area (Å²) in [4.78, 5) is 13.3. The molecule has 5 nitrogen and oxygen atoms in total. The van der Waals surface area contributed by atoms with Crippen LogP contribution in [0.15, 0.2) is 24.3 Å². The molecular weight excluding hydrogens is 254 g/mol. The van der Waals surface area contributed by atoms with Crippen molar-refractivity contribution in [3.63, 3.8) is 0 Å². The highest BCUT2D eigenvalue weighted by atomic mass is 16.5. The summed E-state index contributed by atoms with van der Waals surface area (Å²) < 4.78 is 5.12. The third kappa shape index (κ3) is 3.80. The van der Waals surface area contributed by atoms with E-state index in [0.29, 0.717) is 12.2 Å². The number of ether oxygens (including phenoxy) is 1. The lowest BCUT2D eigenvalue weighted by atomic mass is 10.0. The Bertz CT molecular complexity index is 504. The van der Waals surface area contributed by atoms with E-state index in [9.17, 15) is 4.79 Å². The lowest BCUT2D eigenvalue weighted by Crippen LogP contribution is -2.45. The maximum Gasteiger partial charge on any atom is 0.308 e. The van der Waals surface area contributed by atoms with Gasteiger partial charge in [0.2, 0.25) is 0 Å². The van der Waals surface area contributed by atoms with Crippen molar-refractivity contribution in [3.05, 3.63) is 29.8 Å². The first-order valence-electron chi connectivity index (χ1n) is 6.81. The number of nitriles is 1. The quantitative estimate of drug-likeness (QED) is 0.665. The zero-order chi connectivity index (χ0) is 14.4. The number of esters is 1. The predicted octanol–water partition coefficient (Wildman–Crippen LogP) is 1.47. The molecule has 2 rings (SSSR count). The minimum atomic E-state index is -0.332. The normalized spacial score (nSPS) is 17.2. The summed E-state index contributed by atoms with van der Waals surface area (Å²) in [6, 6.07) is 9.76. The average molecular weight is 273 g/mol. The number of rotatable bonds is 4. The van der Waals surface area contributed by atoms with Gasteiger partial charge >= 0.3 is 5.97 Å². The summed E-state index contributed by atoms with van der Waals surface area (Å²) in [5.74, 6) is 0.203. The predicted molar refractivity (Wildman–Crippen MR) is 75.2 cm³/mol. The minimum Gasteiger partial charge on any atom is -0.427 e. The number of carbonyl (C=O) groups excluding carboxylic acids is 1. The molecule has 106 valence electrons. The molecule has 0 unspecified atom stereocenters. The monoisotopic (exact) mass is 273 g/mol. The van der Waals surface area contributed by atoms with Crippen LogP contribution in [0, 0.1) is 11.3 Å².